The molecule has 0 heterocycles. The van der Waals surface area contributed by atoms with E-state index in [4.69, 9.17) is 9.47 Å². The first-order chi connectivity index (χ1) is 21.0. The van der Waals surface area contributed by atoms with Crippen molar-refractivity contribution in [2.75, 3.05) is 0 Å². The van der Waals surface area contributed by atoms with Crippen LogP contribution in [-0.4, -0.2) is 23.3 Å². The number of hydrogen-bond acceptors (Lipinski definition) is 4. The molecule has 0 aromatic heterocycles. The first-order valence-corrected chi connectivity index (χ1v) is 17.1. The number of hydrogen-bond donors (Lipinski definition) is 2. The fraction of sp³-hybridized carbons (Fsp3) is 0.622. The third kappa shape index (κ3) is 10.0. The van der Waals surface area contributed by atoms with E-state index in [0.717, 1.165) is 127 Å². The molecule has 43 heavy (non-hydrogen) atoms. The Kier molecular flexibility index (Phi) is 12.8. The zero-order valence-corrected chi connectivity index (χ0v) is 26.7. The van der Waals surface area contributed by atoms with E-state index in [9.17, 15) is 9.59 Å². The number of carbonyl (C=O) groups is 2. The minimum absolute atomic E-state index is 0.389. The lowest BCUT2D eigenvalue weighted by Crippen LogP contribution is -2.60. The smallest absolute Gasteiger partial charge is 0.410 e. The molecule has 0 spiro atoms. The van der Waals surface area contributed by atoms with Crippen molar-refractivity contribution in [1.82, 2.24) is 10.6 Å². The average molecular weight is 591 g/mol. The molecule has 2 amide bonds. The molecule has 6 nitrogen and oxygen atoms in total. The van der Waals surface area contributed by atoms with Gasteiger partial charge in [-0.15, -0.1) is 0 Å². The van der Waals surface area contributed by atoms with Crippen molar-refractivity contribution in [2.45, 2.75) is 147 Å². The van der Waals surface area contributed by atoms with E-state index in [1.807, 2.05) is 36.4 Å². The van der Waals surface area contributed by atoms with E-state index < -0.39 is 11.1 Å². The second-order valence-electron chi connectivity index (χ2n) is 13.0. The van der Waals surface area contributed by atoms with Crippen LogP contribution in [0.25, 0.3) is 0 Å². The maximum absolute atomic E-state index is 13.5. The number of unbranched alkanes of at least 4 members (excludes halogenated alkanes) is 4. The summed E-state index contributed by atoms with van der Waals surface area (Å²) in [6.45, 7) is 4.39. The van der Waals surface area contributed by atoms with E-state index in [1.165, 1.54) is 0 Å². The van der Waals surface area contributed by atoms with Gasteiger partial charge in [-0.2, -0.15) is 0 Å². The van der Waals surface area contributed by atoms with Crippen LogP contribution in [0, 0.1) is 0 Å². The molecule has 236 valence electrons. The third-order valence-electron chi connectivity index (χ3n) is 9.48. The quantitative estimate of drug-likeness (QED) is 0.215. The maximum Gasteiger partial charge on any atom is 0.413 e. The lowest BCUT2D eigenvalue weighted by atomic mass is 9.68. The molecule has 0 saturated heterocycles. The highest BCUT2D eigenvalue weighted by Gasteiger charge is 2.45. The molecular formula is C37H54N2O4. The average Bonchev–Trinajstić information content (AvgIpc) is 2.99. The number of rotatable bonds is 14. The van der Waals surface area contributed by atoms with Gasteiger partial charge in [-0.1, -0.05) is 114 Å². The summed E-state index contributed by atoms with van der Waals surface area (Å²) in [6, 6.07) is 15.8. The van der Waals surface area contributed by atoms with Crippen LogP contribution in [0.1, 0.15) is 134 Å². The van der Waals surface area contributed by atoms with Crippen LogP contribution >= 0.6 is 0 Å². The van der Waals surface area contributed by atoms with Gasteiger partial charge in [0, 0.05) is 11.1 Å². The molecule has 0 atom stereocenters. The Morgan fingerprint density at radius 2 is 1.00 bits per heavy atom. The molecule has 6 heteroatoms. The van der Waals surface area contributed by atoms with E-state index in [0.29, 0.717) is 17.9 Å². The minimum atomic E-state index is -0.421. The van der Waals surface area contributed by atoms with E-state index in [2.05, 4.69) is 36.6 Å². The highest BCUT2D eigenvalue weighted by molar-refractivity contribution is 5.73. The van der Waals surface area contributed by atoms with Crippen molar-refractivity contribution in [1.29, 1.82) is 0 Å². The van der Waals surface area contributed by atoms with Gasteiger partial charge in [0.1, 0.15) is 11.5 Å². The Labute approximate surface area is 259 Å². The van der Waals surface area contributed by atoms with Gasteiger partial charge < -0.3 is 20.1 Å². The third-order valence-corrected chi connectivity index (χ3v) is 9.48. The van der Waals surface area contributed by atoms with Gasteiger partial charge in [-0.25, -0.2) is 9.59 Å². The zero-order chi connectivity index (χ0) is 30.4. The summed E-state index contributed by atoms with van der Waals surface area (Å²) in [4.78, 5) is 27.0. The Hall–Kier alpha value is -3.02. The van der Waals surface area contributed by atoms with E-state index >= 15 is 0 Å². The summed E-state index contributed by atoms with van der Waals surface area (Å²) in [5, 5.41) is 6.71. The molecule has 2 aliphatic rings. The molecule has 2 aromatic carbocycles. The molecule has 0 bridgehead atoms. The fourth-order valence-electron chi connectivity index (χ4n) is 7.23. The second kappa shape index (κ2) is 16.7. The van der Waals surface area contributed by atoms with Crippen LogP contribution in [0.5, 0.6) is 11.5 Å². The molecule has 2 fully saturated rings. The predicted molar refractivity (Wildman–Crippen MR) is 174 cm³/mol. The Morgan fingerprint density at radius 1 is 0.605 bits per heavy atom. The largest absolute Gasteiger partial charge is 0.413 e. The van der Waals surface area contributed by atoms with E-state index in [-0.39, 0.29) is 12.2 Å². The van der Waals surface area contributed by atoms with Crippen molar-refractivity contribution >= 4 is 12.2 Å². The van der Waals surface area contributed by atoms with Crippen LogP contribution in [0.3, 0.4) is 0 Å². The van der Waals surface area contributed by atoms with Gasteiger partial charge in [0.2, 0.25) is 0 Å². The molecule has 2 aromatic rings. The summed E-state index contributed by atoms with van der Waals surface area (Å²) in [7, 11) is 0. The first-order valence-electron chi connectivity index (χ1n) is 17.1. The zero-order valence-electron chi connectivity index (χ0n) is 26.7. The monoisotopic (exact) mass is 590 g/mol. The molecule has 2 N–H and O–H groups in total. The van der Waals surface area contributed by atoms with Crippen molar-refractivity contribution in [3.8, 4) is 11.5 Å². The number of aryl methyl sites for hydroxylation is 2. The summed E-state index contributed by atoms with van der Waals surface area (Å²) in [5.41, 5.74) is 1.31. The van der Waals surface area contributed by atoms with Crippen molar-refractivity contribution in [3.63, 3.8) is 0 Å². The van der Waals surface area contributed by atoms with Gasteiger partial charge in [-0.05, 0) is 81.0 Å². The summed E-state index contributed by atoms with van der Waals surface area (Å²) in [6.07, 6.45) is 18.6. The van der Waals surface area contributed by atoms with E-state index in [1.54, 1.807) is 0 Å². The highest BCUT2D eigenvalue weighted by atomic mass is 16.6. The Morgan fingerprint density at radius 3 is 1.40 bits per heavy atom. The number of ether oxygens (including phenoxy) is 2. The van der Waals surface area contributed by atoms with Gasteiger partial charge in [-0.3, -0.25) is 0 Å². The number of nitrogens with one attached hydrogen (secondary N) is 2. The van der Waals surface area contributed by atoms with Crippen LogP contribution < -0.4 is 20.1 Å². The minimum Gasteiger partial charge on any atom is -0.410 e. The molecule has 0 unspecified atom stereocenters. The van der Waals surface area contributed by atoms with Crippen LogP contribution in [0.2, 0.25) is 0 Å². The molecule has 2 saturated carbocycles. The van der Waals surface area contributed by atoms with Gasteiger partial charge >= 0.3 is 12.2 Å². The standard InChI is InChI=1S/C37H54N2O4/c1-3-5-9-19-30-21-11-13-23-32(30)42-34(40)38-36(25-15-7-16-26-36)29-37(27-17-8-18-28-37)39-35(41)43-33-24-14-12-22-31(33)20-10-6-4-2/h11-14,21-24H,3-10,15-20,25-29H2,1-2H3,(H,38,40)(H,39,41). The number of para-hydroxylation sites is 2. The van der Waals surface area contributed by atoms with Gasteiger partial charge in [0.05, 0.1) is 0 Å². The fourth-order valence-corrected chi connectivity index (χ4v) is 7.23. The van der Waals surface area contributed by atoms with Crippen molar-refractivity contribution in [2.24, 2.45) is 0 Å². The van der Waals surface area contributed by atoms with Gasteiger partial charge in [0.15, 0.2) is 0 Å². The summed E-state index contributed by atoms with van der Waals surface area (Å²) >= 11 is 0. The Balaban J connectivity index is 1.47. The van der Waals surface area contributed by atoms with Crippen LogP contribution in [-0.2, 0) is 12.8 Å². The first kappa shape index (κ1) is 32.9. The Bertz CT molecular complexity index is 1060. The maximum atomic E-state index is 13.5. The molecule has 0 aliphatic heterocycles. The highest BCUT2D eigenvalue weighted by Crippen LogP contribution is 2.41. The molecular weight excluding hydrogens is 536 g/mol. The van der Waals surface area contributed by atoms with Gasteiger partial charge in [0.25, 0.3) is 0 Å². The lowest BCUT2D eigenvalue weighted by molar-refractivity contribution is 0.107. The molecule has 0 radical (unpaired) electrons. The summed E-state index contributed by atoms with van der Waals surface area (Å²) in [5.74, 6) is 1.29. The van der Waals surface area contributed by atoms with Crippen LogP contribution in [0.15, 0.2) is 48.5 Å². The second-order valence-corrected chi connectivity index (χ2v) is 13.0. The number of amides is 2. The summed E-state index contributed by atoms with van der Waals surface area (Å²) < 4.78 is 12.0. The lowest BCUT2D eigenvalue weighted by Gasteiger charge is -2.47. The number of benzene rings is 2. The predicted octanol–water partition coefficient (Wildman–Crippen LogP) is 9.82. The van der Waals surface area contributed by atoms with Crippen molar-refractivity contribution in [3.05, 3.63) is 59.7 Å². The SMILES string of the molecule is CCCCCc1ccccc1OC(=O)NC1(CC2(NC(=O)Oc3ccccc3CCCCC)CCCCC2)CCCCC1. The topological polar surface area (TPSA) is 76.7 Å². The van der Waals surface area contributed by atoms with Crippen LogP contribution in [0.4, 0.5) is 9.59 Å². The molecule has 4 rings (SSSR count). The van der Waals surface area contributed by atoms with Crippen molar-refractivity contribution < 1.29 is 19.1 Å². The molecule has 2 aliphatic carbocycles. The number of carbonyl (C=O) groups excluding carboxylic acids is 2. The normalized spacial score (nSPS) is 17.5.